The Labute approximate surface area is 110 Å². The van der Waals surface area contributed by atoms with Crippen LogP contribution in [0.25, 0.3) is 0 Å². The van der Waals surface area contributed by atoms with Crippen LogP contribution in [0.3, 0.4) is 0 Å². The molecule has 0 spiro atoms. The number of amides is 1. The van der Waals surface area contributed by atoms with E-state index in [1.165, 1.54) is 6.92 Å². The number of hydrogen-bond acceptors (Lipinski definition) is 3. The van der Waals surface area contributed by atoms with Gasteiger partial charge in [0.1, 0.15) is 5.82 Å². The predicted molar refractivity (Wildman–Crippen MR) is 71.7 cm³/mol. The molecule has 0 radical (unpaired) electrons. The van der Waals surface area contributed by atoms with E-state index in [1.807, 2.05) is 6.07 Å². The number of carbonyl (C=O) groups is 1. The Hall–Kier alpha value is -2.01. The van der Waals surface area contributed by atoms with E-state index < -0.39 is 0 Å². The molecule has 94 valence electrons. The number of carbonyl (C=O) groups excluding carboxylic acids is 1. The molecule has 2 rings (SSSR count). The number of aromatic amines is 1. The molecule has 0 saturated heterocycles. The fourth-order valence-electron chi connectivity index (χ4n) is 1.50. The molecule has 0 fully saturated rings. The van der Waals surface area contributed by atoms with Crippen LogP contribution in [0.2, 0.25) is 5.02 Å². The van der Waals surface area contributed by atoms with E-state index >= 15 is 0 Å². The summed E-state index contributed by atoms with van der Waals surface area (Å²) in [5, 5.41) is 6.33. The summed E-state index contributed by atoms with van der Waals surface area (Å²) < 4.78 is 0. The van der Waals surface area contributed by atoms with Crippen LogP contribution in [0, 0.1) is 0 Å². The molecule has 0 atom stereocenters. The normalized spacial score (nSPS) is 10.1. The van der Waals surface area contributed by atoms with E-state index in [-0.39, 0.29) is 5.91 Å². The lowest BCUT2D eigenvalue weighted by molar-refractivity contribution is -0.114. The number of rotatable bonds is 4. The minimum absolute atomic E-state index is 0.145. The van der Waals surface area contributed by atoms with Crippen molar-refractivity contribution in [3.63, 3.8) is 0 Å². The minimum atomic E-state index is -0.145. The first-order valence-corrected chi connectivity index (χ1v) is 5.82. The zero-order valence-electron chi connectivity index (χ0n) is 9.83. The molecular weight excluding hydrogens is 252 g/mol. The third-order valence-electron chi connectivity index (χ3n) is 2.29. The summed E-state index contributed by atoms with van der Waals surface area (Å²) in [6.45, 7) is 2.03. The molecule has 18 heavy (non-hydrogen) atoms. The summed E-state index contributed by atoms with van der Waals surface area (Å²) in [4.78, 5) is 18.0. The molecule has 1 amide bonds. The summed E-state index contributed by atoms with van der Waals surface area (Å²) in [5.74, 6) is 0.699. The number of halogens is 1. The van der Waals surface area contributed by atoms with Crippen LogP contribution in [0.5, 0.6) is 0 Å². The second-order valence-electron chi connectivity index (χ2n) is 3.77. The Morgan fingerprint density at radius 2 is 2.33 bits per heavy atom. The third-order valence-corrected chi connectivity index (χ3v) is 2.61. The zero-order chi connectivity index (χ0) is 13.0. The summed E-state index contributed by atoms with van der Waals surface area (Å²) in [7, 11) is 0. The Morgan fingerprint density at radius 3 is 2.94 bits per heavy atom. The molecule has 3 N–H and O–H groups in total. The van der Waals surface area contributed by atoms with E-state index in [4.69, 9.17) is 11.6 Å². The topological polar surface area (TPSA) is 69.8 Å². The van der Waals surface area contributed by atoms with Crippen molar-refractivity contribution in [1.82, 2.24) is 9.97 Å². The number of imidazole rings is 1. The van der Waals surface area contributed by atoms with Crippen molar-refractivity contribution in [1.29, 1.82) is 0 Å². The number of H-pyrrole nitrogens is 1. The van der Waals surface area contributed by atoms with Gasteiger partial charge >= 0.3 is 0 Å². The number of nitrogens with one attached hydrogen (secondary N) is 3. The van der Waals surface area contributed by atoms with Crippen LogP contribution in [0.4, 0.5) is 11.4 Å². The average molecular weight is 265 g/mol. The van der Waals surface area contributed by atoms with Gasteiger partial charge in [0, 0.05) is 25.0 Å². The van der Waals surface area contributed by atoms with Crippen molar-refractivity contribution < 1.29 is 4.79 Å². The maximum atomic E-state index is 10.9. The van der Waals surface area contributed by atoms with Crippen molar-refractivity contribution in [2.45, 2.75) is 13.5 Å². The van der Waals surface area contributed by atoms with Crippen molar-refractivity contribution in [3.8, 4) is 0 Å². The van der Waals surface area contributed by atoms with Gasteiger partial charge in [-0.3, -0.25) is 4.79 Å². The lowest BCUT2D eigenvalue weighted by Gasteiger charge is -2.08. The van der Waals surface area contributed by atoms with Gasteiger partial charge in [-0.05, 0) is 18.2 Å². The Morgan fingerprint density at radius 1 is 1.50 bits per heavy atom. The molecule has 0 bridgehead atoms. The molecule has 0 aliphatic heterocycles. The highest BCUT2D eigenvalue weighted by Crippen LogP contribution is 2.25. The first-order valence-electron chi connectivity index (χ1n) is 5.44. The zero-order valence-corrected chi connectivity index (χ0v) is 10.6. The second-order valence-corrected chi connectivity index (χ2v) is 4.17. The molecule has 1 aromatic carbocycles. The lowest BCUT2D eigenvalue weighted by Crippen LogP contribution is -2.06. The SMILES string of the molecule is CC(=O)Nc1ccc(NCc2ncc[nH]2)cc1Cl. The summed E-state index contributed by atoms with van der Waals surface area (Å²) in [6.07, 6.45) is 3.47. The molecule has 0 unspecified atom stereocenters. The number of nitrogens with zero attached hydrogens (tertiary/aromatic N) is 1. The number of benzene rings is 1. The van der Waals surface area contributed by atoms with Gasteiger partial charge in [0.2, 0.25) is 5.91 Å². The third kappa shape index (κ3) is 3.24. The van der Waals surface area contributed by atoms with Crippen molar-refractivity contribution >= 4 is 28.9 Å². The first kappa shape index (κ1) is 12.4. The number of anilines is 2. The summed E-state index contributed by atoms with van der Waals surface area (Å²) in [5.41, 5.74) is 1.47. The van der Waals surface area contributed by atoms with Gasteiger partial charge in [-0.2, -0.15) is 0 Å². The maximum Gasteiger partial charge on any atom is 0.221 e. The monoisotopic (exact) mass is 264 g/mol. The standard InChI is InChI=1S/C12H13ClN4O/c1-8(18)17-11-3-2-9(6-10(11)13)16-7-12-14-4-5-15-12/h2-6,16H,7H2,1H3,(H,14,15)(H,17,18). The van der Waals surface area contributed by atoms with Crippen molar-refractivity contribution in [2.75, 3.05) is 10.6 Å². The van der Waals surface area contributed by atoms with Crippen molar-refractivity contribution in [3.05, 3.63) is 41.4 Å². The van der Waals surface area contributed by atoms with Gasteiger partial charge in [-0.25, -0.2) is 4.98 Å². The molecule has 0 saturated carbocycles. The Bertz CT molecular complexity index is 539. The molecule has 0 aliphatic carbocycles. The maximum absolute atomic E-state index is 10.9. The van der Waals surface area contributed by atoms with Gasteiger partial charge in [0.05, 0.1) is 17.3 Å². The van der Waals surface area contributed by atoms with Gasteiger partial charge < -0.3 is 15.6 Å². The second kappa shape index (κ2) is 5.55. The lowest BCUT2D eigenvalue weighted by atomic mass is 10.2. The highest BCUT2D eigenvalue weighted by molar-refractivity contribution is 6.34. The highest BCUT2D eigenvalue weighted by Gasteiger charge is 2.03. The Kier molecular flexibility index (Phi) is 3.84. The Balaban J connectivity index is 2.02. The van der Waals surface area contributed by atoms with Gasteiger partial charge in [0.25, 0.3) is 0 Å². The first-order chi connectivity index (χ1) is 8.65. The van der Waals surface area contributed by atoms with E-state index in [0.717, 1.165) is 11.5 Å². The molecule has 1 heterocycles. The van der Waals surface area contributed by atoms with Crippen molar-refractivity contribution in [2.24, 2.45) is 0 Å². The quantitative estimate of drug-likeness (QED) is 0.795. The molecular formula is C12H13ClN4O. The van der Waals surface area contributed by atoms with Gasteiger partial charge in [-0.15, -0.1) is 0 Å². The van der Waals surface area contributed by atoms with Crippen LogP contribution in [0.15, 0.2) is 30.6 Å². The van der Waals surface area contributed by atoms with Crippen LogP contribution >= 0.6 is 11.6 Å². The van der Waals surface area contributed by atoms with Gasteiger partial charge in [-0.1, -0.05) is 11.6 Å². The van der Waals surface area contributed by atoms with Crippen LogP contribution in [0.1, 0.15) is 12.7 Å². The highest BCUT2D eigenvalue weighted by atomic mass is 35.5. The molecule has 6 heteroatoms. The number of aromatic nitrogens is 2. The molecule has 5 nitrogen and oxygen atoms in total. The van der Waals surface area contributed by atoms with Crippen LogP contribution in [-0.2, 0) is 11.3 Å². The predicted octanol–water partition coefficient (Wildman–Crippen LogP) is 2.63. The van der Waals surface area contributed by atoms with E-state index in [0.29, 0.717) is 17.3 Å². The summed E-state index contributed by atoms with van der Waals surface area (Å²) >= 11 is 6.06. The fourth-order valence-corrected chi connectivity index (χ4v) is 1.72. The van der Waals surface area contributed by atoms with Crippen LogP contribution < -0.4 is 10.6 Å². The largest absolute Gasteiger partial charge is 0.378 e. The minimum Gasteiger partial charge on any atom is -0.378 e. The average Bonchev–Trinajstić information content (AvgIpc) is 2.82. The smallest absolute Gasteiger partial charge is 0.221 e. The molecule has 2 aromatic rings. The van der Waals surface area contributed by atoms with E-state index in [2.05, 4.69) is 20.6 Å². The van der Waals surface area contributed by atoms with E-state index in [9.17, 15) is 4.79 Å². The number of hydrogen-bond donors (Lipinski definition) is 3. The molecule has 0 aliphatic rings. The molecule has 1 aromatic heterocycles. The van der Waals surface area contributed by atoms with Crippen LogP contribution in [-0.4, -0.2) is 15.9 Å². The van der Waals surface area contributed by atoms with E-state index in [1.54, 1.807) is 24.5 Å². The van der Waals surface area contributed by atoms with Gasteiger partial charge in [0.15, 0.2) is 0 Å². The summed E-state index contributed by atoms with van der Waals surface area (Å²) in [6, 6.07) is 5.37. The fraction of sp³-hybridized carbons (Fsp3) is 0.167.